The summed E-state index contributed by atoms with van der Waals surface area (Å²) in [5, 5.41) is 14.9. The first-order chi connectivity index (χ1) is 10.6. The van der Waals surface area contributed by atoms with Crippen molar-refractivity contribution in [1.82, 2.24) is 5.32 Å². The molecule has 116 valence electrons. The highest BCUT2D eigenvalue weighted by Crippen LogP contribution is 2.25. The molecule has 22 heavy (non-hydrogen) atoms. The van der Waals surface area contributed by atoms with Gasteiger partial charge in [-0.3, -0.25) is 4.79 Å². The topological polar surface area (TPSA) is 61.4 Å². The highest BCUT2D eigenvalue weighted by molar-refractivity contribution is 6.00. The molecule has 0 fully saturated rings. The molecule has 0 spiro atoms. The third kappa shape index (κ3) is 3.86. The lowest BCUT2D eigenvalue weighted by molar-refractivity contribution is 0.0952. The zero-order valence-corrected chi connectivity index (χ0v) is 13.0. The van der Waals surface area contributed by atoms with E-state index >= 15 is 0 Å². The molecular formula is C18H22N2O2. The summed E-state index contributed by atoms with van der Waals surface area (Å²) in [5.74, 6) is -0.137. The molecule has 4 nitrogen and oxygen atoms in total. The smallest absolute Gasteiger partial charge is 0.253 e. The Morgan fingerprint density at radius 1 is 1.05 bits per heavy atom. The number of carbonyl (C=O) groups is 1. The average molecular weight is 298 g/mol. The van der Waals surface area contributed by atoms with Crippen molar-refractivity contribution in [3.8, 4) is 0 Å². The largest absolute Gasteiger partial charge is 0.396 e. The molecule has 2 aromatic carbocycles. The fourth-order valence-corrected chi connectivity index (χ4v) is 2.20. The fourth-order valence-electron chi connectivity index (χ4n) is 2.20. The van der Waals surface area contributed by atoms with Gasteiger partial charge in [0, 0.05) is 18.8 Å². The summed E-state index contributed by atoms with van der Waals surface area (Å²) in [4.78, 5) is 12.2. The monoisotopic (exact) mass is 298 g/mol. The normalized spacial score (nSPS) is 10.3. The van der Waals surface area contributed by atoms with E-state index in [0.29, 0.717) is 18.5 Å². The minimum atomic E-state index is -0.137. The Hall–Kier alpha value is -2.33. The molecule has 0 aliphatic rings. The molecule has 3 N–H and O–H groups in total. The van der Waals surface area contributed by atoms with Gasteiger partial charge in [-0.2, -0.15) is 0 Å². The molecule has 0 aliphatic carbocycles. The zero-order valence-electron chi connectivity index (χ0n) is 13.0. The maximum atomic E-state index is 12.2. The minimum Gasteiger partial charge on any atom is -0.396 e. The van der Waals surface area contributed by atoms with Crippen LogP contribution in [0.3, 0.4) is 0 Å². The van der Waals surface area contributed by atoms with Crippen LogP contribution in [-0.4, -0.2) is 24.2 Å². The average Bonchev–Trinajstić information content (AvgIpc) is 2.52. The third-order valence-electron chi connectivity index (χ3n) is 3.67. The molecule has 0 heterocycles. The molecule has 1 amide bonds. The lowest BCUT2D eigenvalue weighted by Crippen LogP contribution is -2.25. The highest BCUT2D eigenvalue weighted by Gasteiger charge is 2.11. The Morgan fingerprint density at radius 2 is 1.77 bits per heavy atom. The molecule has 2 rings (SSSR count). The lowest BCUT2D eigenvalue weighted by atomic mass is 10.1. The number of aryl methyl sites for hydroxylation is 1. The van der Waals surface area contributed by atoms with E-state index in [1.54, 1.807) is 6.07 Å². The predicted molar refractivity (Wildman–Crippen MR) is 89.7 cm³/mol. The van der Waals surface area contributed by atoms with Crippen LogP contribution in [-0.2, 0) is 0 Å². The maximum Gasteiger partial charge on any atom is 0.253 e. The number of nitrogens with one attached hydrogen (secondary N) is 2. The summed E-state index contributed by atoms with van der Waals surface area (Å²) < 4.78 is 0. The van der Waals surface area contributed by atoms with Crippen molar-refractivity contribution in [1.29, 1.82) is 0 Å². The van der Waals surface area contributed by atoms with Crippen LogP contribution in [0.25, 0.3) is 0 Å². The summed E-state index contributed by atoms with van der Waals surface area (Å²) in [6, 6.07) is 13.5. The van der Waals surface area contributed by atoms with Crippen LogP contribution in [0.2, 0.25) is 0 Å². The first kappa shape index (κ1) is 16.0. The van der Waals surface area contributed by atoms with Crippen LogP contribution in [0.5, 0.6) is 0 Å². The van der Waals surface area contributed by atoms with Crippen LogP contribution in [0.4, 0.5) is 11.4 Å². The molecule has 0 radical (unpaired) electrons. The summed E-state index contributed by atoms with van der Waals surface area (Å²) in [5.41, 5.74) is 4.74. The van der Waals surface area contributed by atoms with E-state index in [1.807, 2.05) is 30.3 Å². The maximum absolute atomic E-state index is 12.2. The number of rotatable bonds is 6. The Bertz CT molecular complexity index is 653. The minimum absolute atomic E-state index is 0.0721. The highest BCUT2D eigenvalue weighted by atomic mass is 16.3. The third-order valence-corrected chi connectivity index (χ3v) is 3.67. The second kappa shape index (κ2) is 7.61. The van der Waals surface area contributed by atoms with E-state index in [4.69, 9.17) is 5.11 Å². The number of anilines is 2. The molecule has 0 atom stereocenters. The van der Waals surface area contributed by atoms with E-state index in [-0.39, 0.29) is 12.5 Å². The van der Waals surface area contributed by atoms with Crippen molar-refractivity contribution < 1.29 is 9.90 Å². The van der Waals surface area contributed by atoms with Crippen LogP contribution in [0, 0.1) is 13.8 Å². The summed E-state index contributed by atoms with van der Waals surface area (Å²) >= 11 is 0. The van der Waals surface area contributed by atoms with Crippen LogP contribution < -0.4 is 10.6 Å². The number of para-hydroxylation sites is 1. The van der Waals surface area contributed by atoms with Gasteiger partial charge in [-0.15, -0.1) is 0 Å². The predicted octanol–water partition coefficient (Wildman–Crippen LogP) is 3.16. The van der Waals surface area contributed by atoms with Gasteiger partial charge < -0.3 is 15.7 Å². The van der Waals surface area contributed by atoms with Crippen molar-refractivity contribution in [2.24, 2.45) is 0 Å². The number of benzene rings is 2. The lowest BCUT2D eigenvalue weighted by Gasteiger charge is -2.15. The van der Waals surface area contributed by atoms with Crippen molar-refractivity contribution in [2.45, 2.75) is 20.3 Å². The SMILES string of the molecule is Cc1cccc(Nc2ccccc2C(=O)NCCCO)c1C. The van der Waals surface area contributed by atoms with Crippen LogP contribution in [0.1, 0.15) is 27.9 Å². The standard InChI is InChI=1S/C18H22N2O2/c1-13-7-5-10-16(14(13)2)20-17-9-4-3-8-15(17)18(22)19-11-6-12-21/h3-5,7-10,20-21H,6,11-12H2,1-2H3,(H,19,22). The number of amides is 1. The number of hydrogen-bond acceptors (Lipinski definition) is 3. The van der Waals surface area contributed by atoms with E-state index in [9.17, 15) is 4.79 Å². The summed E-state index contributed by atoms with van der Waals surface area (Å²) in [6.45, 7) is 4.66. The van der Waals surface area contributed by atoms with E-state index in [2.05, 4.69) is 30.5 Å². The second-order valence-electron chi connectivity index (χ2n) is 5.25. The molecule has 0 saturated heterocycles. The van der Waals surface area contributed by atoms with Crippen molar-refractivity contribution in [3.05, 3.63) is 59.2 Å². The Kier molecular flexibility index (Phi) is 5.55. The Balaban J connectivity index is 2.21. The molecule has 0 aromatic heterocycles. The van der Waals surface area contributed by atoms with E-state index < -0.39 is 0 Å². The van der Waals surface area contributed by atoms with Gasteiger partial charge in [0.25, 0.3) is 5.91 Å². The summed E-state index contributed by atoms with van der Waals surface area (Å²) in [6.07, 6.45) is 0.554. The van der Waals surface area contributed by atoms with E-state index in [0.717, 1.165) is 16.9 Å². The fraction of sp³-hybridized carbons (Fsp3) is 0.278. The van der Waals surface area contributed by atoms with Crippen molar-refractivity contribution in [3.63, 3.8) is 0 Å². The molecular weight excluding hydrogens is 276 g/mol. The Labute approximate surface area is 131 Å². The van der Waals surface area contributed by atoms with Gasteiger partial charge in [0.1, 0.15) is 0 Å². The van der Waals surface area contributed by atoms with Gasteiger partial charge in [0.2, 0.25) is 0 Å². The molecule has 4 heteroatoms. The number of hydrogen-bond donors (Lipinski definition) is 3. The second-order valence-corrected chi connectivity index (χ2v) is 5.25. The molecule has 0 unspecified atom stereocenters. The molecule has 2 aromatic rings. The number of carbonyl (C=O) groups excluding carboxylic acids is 1. The van der Waals surface area contributed by atoms with Gasteiger partial charge >= 0.3 is 0 Å². The molecule has 0 aliphatic heterocycles. The Morgan fingerprint density at radius 3 is 2.55 bits per heavy atom. The van der Waals surface area contributed by atoms with Gasteiger partial charge in [-0.05, 0) is 49.6 Å². The summed E-state index contributed by atoms with van der Waals surface area (Å²) in [7, 11) is 0. The molecule has 0 saturated carbocycles. The van der Waals surface area contributed by atoms with Gasteiger partial charge in [0.05, 0.1) is 11.3 Å². The zero-order chi connectivity index (χ0) is 15.9. The number of aliphatic hydroxyl groups excluding tert-OH is 1. The van der Waals surface area contributed by atoms with Gasteiger partial charge in [-0.25, -0.2) is 0 Å². The van der Waals surface area contributed by atoms with E-state index in [1.165, 1.54) is 5.56 Å². The van der Waals surface area contributed by atoms with Crippen LogP contribution in [0.15, 0.2) is 42.5 Å². The van der Waals surface area contributed by atoms with Gasteiger partial charge in [0.15, 0.2) is 0 Å². The quantitative estimate of drug-likeness (QED) is 0.718. The first-order valence-corrected chi connectivity index (χ1v) is 7.45. The van der Waals surface area contributed by atoms with Crippen molar-refractivity contribution >= 4 is 17.3 Å². The van der Waals surface area contributed by atoms with Gasteiger partial charge in [-0.1, -0.05) is 24.3 Å². The van der Waals surface area contributed by atoms with Crippen molar-refractivity contribution in [2.75, 3.05) is 18.5 Å². The molecule has 0 bridgehead atoms. The van der Waals surface area contributed by atoms with Crippen LogP contribution >= 0.6 is 0 Å². The first-order valence-electron chi connectivity index (χ1n) is 7.45. The number of aliphatic hydroxyl groups is 1.